The summed E-state index contributed by atoms with van der Waals surface area (Å²) in [4.78, 5) is 28.4. The second kappa shape index (κ2) is 21.4. The molecule has 0 saturated heterocycles. The van der Waals surface area contributed by atoms with E-state index in [1.54, 1.807) is 55.8 Å². The lowest BCUT2D eigenvalue weighted by molar-refractivity contribution is -0.686. The van der Waals surface area contributed by atoms with Gasteiger partial charge in [0.2, 0.25) is 12.3 Å². The van der Waals surface area contributed by atoms with Crippen molar-refractivity contribution in [2.75, 3.05) is 0 Å². The fourth-order valence-electron chi connectivity index (χ4n) is 7.97. The summed E-state index contributed by atoms with van der Waals surface area (Å²) >= 11 is 0. The predicted octanol–water partition coefficient (Wildman–Crippen LogP) is 13.4. The molecule has 0 aliphatic heterocycles. The van der Waals surface area contributed by atoms with Crippen LogP contribution < -0.4 is 26.4 Å². The van der Waals surface area contributed by atoms with E-state index in [1.807, 2.05) is 6.07 Å². The minimum absolute atomic E-state index is 0.0567. The van der Waals surface area contributed by atoms with Crippen LogP contribution in [0, 0.1) is 0 Å². The molecule has 0 amide bonds. The number of rotatable bonds is 8. The molecular formula is C49H31BF24N2O3. The molecule has 1 heterocycles. The van der Waals surface area contributed by atoms with Gasteiger partial charge in [0.05, 0.1) is 50.7 Å². The molecule has 79 heavy (non-hydrogen) atoms. The second-order valence-corrected chi connectivity index (χ2v) is 18.1. The third-order valence-electron chi connectivity index (χ3n) is 11.3. The number of aromatic nitrogens is 2. The molecule has 0 spiro atoms. The lowest BCUT2D eigenvalue weighted by atomic mass is 9.12. The van der Waals surface area contributed by atoms with E-state index in [0.29, 0.717) is 5.56 Å². The zero-order valence-corrected chi connectivity index (χ0v) is 39.5. The molecule has 0 N–H and O–H groups in total. The number of ether oxygens (including phenoxy) is 1. The van der Waals surface area contributed by atoms with Crippen LogP contribution >= 0.6 is 0 Å². The number of halogens is 24. The number of esters is 1. The van der Waals surface area contributed by atoms with E-state index in [1.165, 1.54) is 12.4 Å². The summed E-state index contributed by atoms with van der Waals surface area (Å²) in [6, 6.07) is 0.143. The Morgan fingerprint density at radius 1 is 0.430 bits per heavy atom. The summed E-state index contributed by atoms with van der Waals surface area (Å²) in [6.07, 6.45) is -50.3. The Balaban J connectivity index is 0.000000433. The largest absolute Gasteiger partial charge is 0.452 e. The SMILES string of the molecule is CC(C)(C)OC(=O)c1cncc[n+]1CC(=O)c1ccccc1.FC(F)(F)c1cc([B-](c2cc(C(F)(F)F)cc(C(F)(F)F)c2)(c2cc(C(F)(F)F)cc(C(F)(F)F)c2)c2cc(C(F)(F)F)cc(C(F)(F)F)c2)cc(C(F)(F)F)c1. The molecule has 0 fully saturated rings. The number of nitrogens with zero attached hydrogens (tertiary/aromatic N) is 2. The maximum Gasteiger partial charge on any atom is 0.416 e. The monoisotopic (exact) mass is 1160 g/mol. The summed E-state index contributed by atoms with van der Waals surface area (Å²) < 4.78 is 348. The van der Waals surface area contributed by atoms with Crippen LogP contribution in [0.2, 0.25) is 0 Å². The fourth-order valence-corrected chi connectivity index (χ4v) is 7.97. The number of hydrogen-bond donors (Lipinski definition) is 0. The van der Waals surface area contributed by atoms with Gasteiger partial charge < -0.3 is 4.74 Å². The molecule has 1 aromatic heterocycles. The summed E-state index contributed by atoms with van der Waals surface area (Å²) in [7, 11) is 0. The molecule has 0 atom stereocenters. The normalized spacial score (nSPS) is 13.4. The van der Waals surface area contributed by atoms with Crippen molar-refractivity contribution in [2.45, 2.75) is 82.3 Å². The highest BCUT2D eigenvalue weighted by Crippen LogP contribution is 2.41. The standard InChI is InChI=1S/C32H12BF24.C17H19N2O3/c34-25(35,36)13-1-14(26(37,38)39)6-21(5-13)33(22-7-15(27(40,41)42)2-16(8-22)28(43,44)45,23-9-17(29(46,47)48)3-18(10-23)30(49,50)51)24-11-19(31(52,53)54)4-20(12-24)32(55,56)57;1-17(2,3)22-16(21)14-11-18-9-10-19(14)12-15(20)13-7-5-4-6-8-13/h1-12H;4-11H,12H2,1-3H3/q-1;+1. The number of carbonyl (C=O) groups excluding carboxylic acids is 2. The van der Waals surface area contributed by atoms with Crippen LogP contribution in [0.5, 0.6) is 0 Å². The minimum atomic E-state index is -6.13. The number of alkyl halides is 24. The quantitative estimate of drug-likeness (QED) is 0.0501. The first-order valence-corrected chi connectivity index (χ1v) is 21.6. The highest BCUT2D eigenvalue weighted by molar-refractivity contribution is 7.20. The average Bonchev–Trinajstić information content (AvgIpc) is 3.34. The van der Waals surface area contributed by atoms with Crippen LogP contribution in [0.25, 0.3) is 0 Å². The number of ketones is 1. The van der Waals surface area contributed by atoms with Crippen LogP contribution in [0.1, 0.15) is 86.1 Å². The second-order valence-electron chi connectivity index (χ2n) is 18.1. The molecule has 30 heteroatoms. The van der Waals surface area contributed by atoms with Gasteiger partial charge in [0, 0.05) is 5.56 Å². The van der Waals surface area contributed by atoms with Crippen molar-refractivity contribution < 1.29 is 124 Å². The summed E-state index contributed by atoms with van der Waals surface area (Å²) in [5.74, 6) is -0.580. The van der Waals surface area contributed by atoms with Crippen LogP contribution in [0.15, 0.2) is 122 Å². The maximum atomic E-state index is 14.2. The summed E-state index contributed by atoms with van der Waals surface area (Å²) in [5.41, 5.74) is -30.0. The first-order valence-electron chi connectivity index (χ1n) is 21.6. The average molecular weight is 1160 g/mol. The lowest BCUT2D eigenvalue weighted by Crippen LogP contribution is -2.75. The van der Waals surface area contributed by atoms with Crippen molar-refractivity contribution in [3.8, 4) is 0 Å². The first-order chi connectivity index (χ1) is 35.6. The Morgan fingerprint density at radius 3 is 0.937 bits per heavy atom. The highest BCUT2D eigenvalue weighted by Gasteiger charge is 2.47. The molecule has 0 aliphatic rings. The summed E-state index contributed by atoms with van der Waals surface area (Å²) in [5, 5.41) is 0. The zero-order chi connectivity index (χ0) is 60.1. The van der Waals surface area contributed by atoms with Gasteiger partial charge in [0.25, 0.3) is 0 Å². The van der Waals surface area contributed by atoms with E-state index < -0.39 is 206 Å². The Bertz CT molecular complexity index is 2760. The van der Waals surface area contributed by atoms with Crippen LogP contribution in [0.4, 0.5) is 105 Å². The van der Waals surface area contributed by atoms with Gasteiger partial charge in [-0.1, -0.05) is 78.9 Å². The Kier molecular flexibility index (Phi) is 16.9. The van der Waals surface area contributed by atoms with E-state index in [-0.39, 0.29) is 18.0 Å². The van der Waals surface area contributed by atoms with Crippen LogP contribution in [0.3, 0.4) is 0 Å². The number of hydrogen-bond acceptors (Lipinski definition) is 4. The Morgan fingerprint density at radius 2 is 0.696 bits per heavy atom. The molecule has 0 unspecified atom stereocenters. The molecule has 0 radical (unpaired) electrons. The Hall–Kier alpha value is -7.30. The van der Waals surface area contributed by atoms with Gasteiger partial charge in [0.1, 0.15) is 17.9 Å². The molecular weight excluding hydrogens is 1130 g/mol. The van der Waals surface area contributed by atoms with Gasteiger partial charge >= 0.3 is 61.1 Å². The third kappa shape index (κ3) is 15.1. The molecule has 0 aliphatic carbocycles. The molecule has 426 valence electrons. The molecule has 0 bridgehead atoms. The van der Waals surface area contributed by atoms with Gasteiger partial charge in [0.15, 0.2) is 6.20 Å². The van der Waals surface area contributed by atoms with Gasteiger partial charge in [-0.25, -0.2) is 4.79 Å². The van der Waals surface area contributed by atoms with Gasteiger partial charge in [-0.15, -0.1) is 0 Å². The lowest BCUT2D eigenvalue weighted by Gasteiger charge is -2.46. The number of benzene rings is 5. The van der Waals surface area contributed by atoms with Crippen LogP contribution in [-0.4, -0.2) is 28.5 Å². The van der Waals surface area contributed by atoms with Crippen molar-refractivity contribution in [1.29, 1.82) is 0 Å². The van der Waals surface area contributed by atoms with Crippen molar-refractivity contribution in [3.63, 3.8) is 0 Å². The highest BCUT2D eigenvalue weighted by atomic mass is 19.4. The topological polar surface area (TPSA) is 60.1 Å². The van der Waals surface area contributed by atoms with Gasteiger partial charge in [-0.05, 0) is 45.0 Å². The molecule has 6 aromatic rings. The smallest absolute Gasteiger partial charge is 0.416 e. The van der Waals surface area contributed by atoms with Crippen molar-refractivity contribution >= 4 is 39.7 Å². The summed E-state index contributed by atoms with van der Waals surface area (Å²) in [6.45, 7) is 5.43. The van der Waals surface area contributed by atoms with E-state index in [4.69, 9.17) is 4.74 Å². The van der Waals surface area contributed by atoms with E-state index >= 15 is 0 Å². The molecule has 0 saturated carbocycles. The number of carbonyl (C=O) groups is 2. The minimum Gasteiger partial charge on any atom is -0.452 e. The zero-order valence-electron chi connectivity index (χ0n) is 39.5. The predicted molar refractivity (Wildman–Crippen MR) is 230 cm³/mol. The van der Waals surface area contributed by atoms with E-state index in [9.17, 15) is 115 Å². The molecule has 6 rings (SSSR count). The molecule has 5 nitrogen and oxygen atoms in total. The number of Topliss-reactive ketones (excluding diaryl/α,β-unsaturated/α-hetero) is 1. The van der Waals surface area contributed by atoms with E-state index in [0.717, 1.165) is 0 Å². The third-order valence-corrected chi connectivity index (χ3v) is 11.3. The molecule has 5 aromatic carbocycles. The van der Waals surface area contributed by atoms with Crippen LogP contribution in [-0.2, 0) is 60.7 Å². The fraction of sp³-hybridized carbons (Fsp3) is 0.265. The first kappa shape index (κ1) is 62.5. The van der Waals surface area contributed by atoms with Crippen molar-refractivity contribution in [3.05, 3.63) is 177 Å². The maximum absolute atomic E-state index is 14.2. The van der Waals surface area contributed by atoms with Crippen molar-refractivity contribution in [1.82, 2.24) is 4.98 Å². The van der Waals surface area contributed by atoms with Gasteiger partial charge in [-0.3, -0.25) is 9.78 Å². The Labute approximate surface area is 428 Å². The van der Waals surface area contributed by atoms with E-state index in [2.05, 4.69) is 4.98 Å². The van der Waals surface area contributed by atoms with Gasteiger partial charge in [-0.2, -0.15) is 132 Å². The van der Waals surface area contributed by atoms with Crippen molar-refractivity contribution in [2.24, 2.45) is 0 Å².